The van der Waals surface area contributed by atoms with Gasteiger partial charge in [-0.1, -0.05) is 6.92 Å². The topological polar surface area (TPSA) is 439 Å². The molecule has 39 heteroatoms. The van der Waals surface area contributed by atoms with Crippen molar-refractivity contribution in [1.29, 1.82) is 0 Å². The van der Waals surface area contributed by atoms with E-state index in [1.54, 1.807) is 49.2 Å². The maximum atomic E-state index is 13.8. The van der Waals surface area contributed by atoms with Crippen molar-refractivity contribution < 1.29 is 137 Å². The number of hydrogen-bond acceptors (Lipinski definition) is 31. The van der Waals surface area contributed by atoms with Crippen LogP contribution < -0.4 is 43.6 Å². The first kappa shape index (κ1) is 106. The van der Waals surface area contributed by atoms with Crippen molar-refractivity contribution in [1.82, 2.24) is 36.1 Å². The number of aromatic amines is 1. The molecule has 0 radical (unpaired) electrons. The fraction of sp³-hybridized carbons (Fsp3) is 0.875. The van der Waals surface area contributed by atoms with E-state index in [1.807, 2.05) is 32.7 Å². The quantitative estimate of drug-likeness (QED) is 0.0353. The molecule has 7 unspecified atom stereocenters. The zero-order valence-corrected chi connectivity index (χ0v) is 68.2. The Kier molecular flexibility index (Phi) is 70.5. The van der Waals surface area contributed by atoms with Gasteiger partial charge in [0.05, 0.1) is 190 Å². The molecule has 1 aromatic rings. The lowest BCUT2D eigenvalue weighted by Crippen LogP contribution is -2.48. The van der Waals surface area contributed by atoms with Crippen LogP contribution in [0.2, 0.25) is 0 Å². The number of nitrogens with zero attached hydrogens (tertiary/aromatic N) is 1. The molecule has 1 aliphatic rings. The van der Waals surface area contributed by atoms with Gasteiger partial charge in [-0.05, 0) is 74.1 Å². The Morgan fingerprint density at radius 3 is 1.40 bits per heavy atom. The zero-order chi connectivity index (χ0) is 82.3. The molecule has 1 fully saturated rings. The number of rotatable bonds is 72. The Labute approximate surface area is 654 Å². The van der Waals surface area contributed by atoms with Crippen LogP contribution in [0, 0.1) is 5.82 Å². The lowest BCUT2D eigenvalue weighted by Gasteiger charge is -2.22. The Balaban J connectivity index is 0.00000192. The van der Waals surface area contributed by atoms with Crippen molar-refractivity contribution in [2.75, 3.05) is 240 Å². The smallest absolute Gasteiger partial charge is 0.330 e. The first-order valence-electron chi connectivity index (χ1n) is 38.1. The summed E-state index contributed by atoms with van der Waals surface area (Å²) in [5, 5.41) is 13.6. The third kappa shape index (κ3) is 63.0. The maximum Gasteiger partial charge on any atom is 0.330 e. The number of hydrogen-bond donors (Lipinski definition) is 7. The third-order valence-corrected chi connectivity index (χ3v) is 15.0. The molecular formula is C72H137FN8O30. The molecule has 10 atom stereocenters. The fourth-order valence-corrected chi connectivity index (χ4v) is 9.00. The number of carbonyl (C=O) groups excluding carboxylic acids is 5. The summed E-state index contributed by atoms with van der Waals surface area (Å²) in [5.41, 5.74) is 3.95. The van der Waals surface area contributed by atoms with Gasteiger partial charge in [0.15, 0.2) is 31.5 Å². The van der Waals surface area contributed by atoms with Crippen LogP contribution in [0.4, 0.5) is 4.39 Å². The van der Waals surface area contributed by atoms with Crippen LogP contribution in [0.1, 0.15) is 113 Å². The summed E-state index contributed by atoms with van der Waals surface area (Å²) in [6.45, 7) is 26.8. The highest BCUT2D eigenvalue weighted by Gasteiger charge is 2.39. The molecule has 1 saturated heterocycles. The molecule has 652 valence electrons. The summed E-state index contributed by atoms with van der Waals surface area (Å²) in [4.78, 5) is 87.1. The van der Waals surface area contributed by atoms with Gasteiger partial charge >= 0.3 is 5.69 Å². The van der Waals surface area contributed by atoms with E-state index in [9.17, 15) is 38.0 Å². The number of nitrogens with two attached hydrogens (primary N) is 1. The van der Waals surface area contributed by atoms with Crippen LogP contribution in [0.15, 0.2) is 15.8 Å². The summed E-state index contributed by atoms with van der Waals surface area (Å²) in [6, 6.07) is -1.68. The minimum atomic E-state index is -1.10. The van der Waals surface area contributed by atoms with Gasteiger partial charge in [0.25, 0.3) is 5.56 Å². The van der Waals surface area contributed by atoms with E-state index in [-0.39, 0.29) is 127 Å². The van der Waals surface area contributed by atoms with Crippen LogP contribution in [-0.4, -0.2) is 341 Å². The largest absolute Gasteiger partial charge is 0.382 e. The van der Waals surface area contributed by atoms with Crippen LogP contribution in [0.3, 0.4) is 0 Å². The second kappa shape index (κ2) is 73.9. The molecule has 5 amide bonds. The molecule has 0 aliphatic carbocycles. The maximum absolute atomic E-state index is 13.8. The molecule has 38 nitrogen and oxygen atoms in total. The Morgan fingerprint density at radius 1 is 0.486 bits per heavy atom. The summed E-state index contributed by atoms with van der Waals surface area (Å²) in [5.74, 6) is -2.68. The molecule has 8 N–H and O–H groups in total. The fourth-order valence-electron chi connectivity index (χ4n) is 9.00. The van der Waals surface area contributed by atoms with E-state index in [0.717, 1.165) is 23.8 Å². The van der Waals surface area contributed by atoms with Crippen LogP contribution in [0.5, 0.6) is 0 Å². The SMILES string of the molecule is CCCOCCOC(C)OC.COCCOCCC(=O)NC(CCC(=O)NCCOCCCOC(C)OCCOCCOC(C)C)C(=O)NCCOCCOC(C)OC.COCCOCCNC(=O)C(N)CCC(=O)NCCOCCOC(C)OCCOCCOC(C)O[C@@H]1C[C@H](n2cc(F)c(=O)[nH]c2=O)O[C@@H]1COC. The third-order valence-electron chi connectivity index (χ3n) is 15.0. The van der Waals surface area contributed by atoms with Gasteiger partial charge in [-0.2, -0.15) is 4.39 Å². The molecular weight excluding hydrogens is 1480 g/mol. The monoisotopic (exact) mass is 1610 g/mol. The number of carbonyl (C=O) groups is 5. The van der Waals surface area contributed by atoms with Crippen LogP contribution in [0.25, 0.3) is 0 Å². The summed E-state index contributed by atoms with van der Waals surface area (Å²) in [7, 11) is 7.80. The number of ether oxygens (including phenoxy) is 23. The molecule has 0 saturated carbocycles. The minimum absolute atomic E-state index is 0.0384. The number of nitrogens with one attached hydrogen (secondary N) is 6. The Morgan fingerprint density at radius 2 is 0.910 bits per heavy atom. The summed E-state index contributed by atoms with van der Waals surface area (Å²) in [6.07, 6.45) is -0.360. The number of halogens is 1. The predicted molar refractivity (Wildman–Crippen MR) is 401 cm³/mol. The molecule has 0 bridgehead atoms. The van der Waals surface area contributed by atoms with E-state index in [0.29, 0.717) is 165 Å². The average molecular weight is 1610 g/mol. The molecule has 0 aromatic carbocycles. The van der Waals surface area contributed by atoms with Gasteiger partial charge in [0, 0.05) is 101 Å². The van der Waals surface area contributed by atoms with E-state index >= 15 is 0 Å². The molecule has 2 heterocycles. The van der Waals surface area contributed by atoms with Crippen LogP contribution >= 0.6 is 0 Å². The summed E-state index contributed by atoms with van der Waals surface area (Å²) < 4.78 is 138. The summed E-state index contributed by atoms with van der Waals surface area (Å²) >= 11 is 0. The number of methoxy groups -OCH3 is 5. The lowest BCUT2D eigenvalue weighted by molar-refractivity contribution is -0.183. The van der Waals surface area contributed by atoms with E-state index in [2.05, 4.69) is 33.5 Å². The second-order valence-corrected chi connectivity index (χ2v) is 24.5. The highest BCUT2D eigenvalue weighted by atomic mass is 19.1. The molecule has 0 spiro atoms. The van der Waals surface area contributed by atoms with Gasteiger partial charge < -0.3 is 141 Å². The van der Waals surface area contributed by atoms with Crippen LogP contribution in [-0.2, 0) is 133 Å². The van der Waals surface area contributed by atoms with Crippen molar-refractivity contribution in [3.05, 3.63) is 32.9 Å². The van der Waals surface area contributed by atoms with Gasteiger partial charge in [-0.15, -0.1) is 0 Å². The number of H-pyrrole nitrogens is 1. The first-order valence-corrected chi connectivity index (χ1v) is 38.1. The van der Waals surface area contributed by atoms with Gasteiger partial charge in [0.1, 0.15) is 18.4 Å². The number of amides is 5. The van der Waals surface area contributed by atoms with E-state index in [1.165, 1.54) is 7.11 Å². The minimum Gasteiger partial charge on any atom is -0.382 e. The van der Waals surface area contributed by atoms with E-state index < -0.39 is 66.1 Å². The molecule has 2 rings (SSSR count). The van der Waals surface area contributed by atoms with Gasteiger partial charge in [0.2, 0.25) is 35.4 Å². The standard InChI is InChI=1S/C32H56FN5O14.C32H63N3O13.C8H18O3/c1-22(48-16-13-46-9-7-35-28(39)6-5-25(34)31(41)36-8-10-45-12-11-43-3)49-17-14-47-15-18-50-23(2)51-26-19-29(52-27(26)21-44-4)38-20-24(33)30(40)37-32(38)42;1-26(2)45-23-20-44-22-25-48-28(4)46-14-7-13-41-16-11-33-30(36)9-8-29(35-31(37)10-15-42-19-18-39-5)32(38)34-12-17-43-21-24-47-27(3)40-6;1-4-5-10-6-7-11-8(2)9-3/h20,22-23,25-27,29H,5-19,21,34H2,1-4H3,(H,35,39)(H,36,41)(H,37,40,42);26-29H,7-25H2,1-6H3,(H,33,36)(H,34,38)(H,35,37);8H,4-7H2,1-3H3/t22?,23?,25?,26-,27-,29-;;/m1../s1. The average Bonchev–Trinajstić information content (AvgIpc) is 1.70. The Bertz CT molecular complexity index is 2530. The Hall–Kier alpha value is -5.00. The second-order valence-electron chi connectivity index (χ2n) is 24.5. The molecule has 1 aliphatic heterocycles. The highest BCUT2D eigenvalue weighted by molar-refractivity contribution is 5.88. The normalized spacial score (nSPS) is 16.0. The van der Waals surface area contributed by atoms with Crippen molar-refractivity contribution >= 4 is 29.5 Å². The predicted octanol–water partition coefficient (Wildman–Crippen LogP) is 0.985. The van der Waals surface area contributed by atoms with Crippen molar-refractivity contribution in [2.24, 2.45) is 5.73 Å². The zero-order valence-electron chi connectivity index (χ0n) is 68.2. The van der Waals surface area contributed by atoms with Crippen molar-refractivity contribution in [2.45, 2.75) is 175 Å². The lowest BCUT2D eigenvalue weighted by atomic mass is 10.1. The van der Waals surface area contributed by atoms with Gasteiger partial charge in [-0.25, -0.2) is 4.79 Å². The molecule has 111 heavy (non-hydrogen) atoms. The van der Waals surface area contributed by atoms with E-state index in [4.69, 9.17) is 115 Å². The molecule has 1 aromatic heterocycles. The first-order chi connectivity index (χ1) is 53.5. The highest BCUT2D eigenvalue weighted by Crippen LogP contribution is 2.31. The van der Waals surface area contributed by atoms with Crippen molar-refractivity contribution in [3.63, 3.8) is 0 Å². The number of aromatic nitrogens is 2. The van der Waals surface area contributed by atoms with Crippen molar-refractivity contribution in [3.8, 4) is 0 Å². The van der Waals surface area contributed by atoms with Gasteiger partial charge in [-0.3, -0.25) is 38.3 Å².